The van der Waals surface area contributed by atoms with Gasteiger partial charge in [-0.05, 0) is 66.8 Å². The van der Waals surface area contributed by atoms with Crippen LogP contribution >= 0.6 is 0 Å². The van der Waals surface area contributed by atoms with Gasteiger partial charge in [-0.15, -0.1) is 0 Å². The number of aromatic nitrogens is 2. The van der Waals surface area contributed by atoms with E-state index in [1.54, 1.807) is 0 Å². The Morgan fingerprint density at radius 3 is 2.36 bits per heavy atom. The van der Waals surface area contributed by atoms with E-state index >= 15 is 0 Å². The summed E-state index contributed by atoms with van der Waals surface area (Å²) in [5, 5.41) is 0. The molecule has 1 heterocycles. The van der Waals surface area contributed by atoms with Crippen molar-refractivity contribution in [3.8, 4) is 11.1 Å². The quantitative estimate of drug-likeness (QED) is 0.678. The Labute approximate surface area is 127 Å². The number of aryl methyl sites for hydroxylation is 1. The zero-order valence-corrected chi connectivity index (χ0v) is 12.7. The molecule has 112 valence electrons. The predicted molar refractivity (Wildman–Crippen MR) is 87.1 cm³/mol. The van der Waals surface area contributed by atoms with E-state index in [2.05, 4.69) is 9.97 Å². The fraction of sp³-hybridized carbons (Fsp3) is 0.176. The summed E-state index contributed by atoms with van der Waals surface area (Å²) in [5.74, 6) is -0.432. The standard InChI is InChI=1S/C17H17N3O2/c1-8-6-12(16(18)21)10(3)15(9(8)2)11-4-5-13-14(7-11)20-17(22)19-13/h4-7H,1-3H3,(H2,18,21)(H2,19,20,22). The van der Waals surface area contributed by atoms with Gasteiger partial charge < -0.3 is 15.7 Å². The molecular formula is C17H17N3O2. The average molecular weight is 295 g/mol. The topological polar surface area (TPSA) is 91.7 Å². The minimum atomic E-state index is -0.432. The smallest absolute Gasteiger partial charge is 0.323 e. The summed E-state index contributed by atoms with van der Waals surface area (Å²) >= 11 is 0. The molecule has 0 saturated heterocycles. The number of nitrogens with one attached hydrogen (secondary N) is 2. The summed E-state index contributed by atoms with van der Waals surface area (Å²) < 4.78 is 0. The highest BCUT2D eigenvalue weighted by Crippen LogP contribution is 2.32. The van der Waals surface area contributed by atoms with Crippen LogP contribution in [0.2, 0.25) is 0 Å². The molecule has 0 fully saturated rings. The fourth-order valence-corrected chi connectivity index (χ4v) is 2.92. The molecule has 5 heteroatoms. The largest absolute Gasteiger partial charge is 0.366 e. The zero-order chi connectivity index (χ0) is 16.0. The zero-order valence-electron chi connectivity index (χ0n) is 12.7. The maximum absolute atomic E-state index is 11.7. The van der Waals surface area contributed by atoms with Crippen LogP contribution < -0.4 is 11.4 Å². The van der Waals surface area contributed by atoms with E-state index in [1.165, 1.54) is 0 Å². The van der Waals surface area contributed by atoms with Crippen molar-refractivity contribution < 1.29 is 4.79 Å². The van der Waals surface area contributed by atoms with Crippen LogP contribution in [0.25, 0.3) is 22.2 Å². The molecule has 4 N–H and O–H groups in total. The molecule has 0 unspecified atom stereocenters. The van der Waals surface area contributed by atoms with Gasteiger partial charge in [0.25, 0.3) is 0 Å². The Morgan fingerprint density at radius 1 is 1.00 bits per heavy atom. The molecule has 0 spiro atoms. The highest BCUT2D eigenvalue weighted by atomic mass is 16.1. The second kappa shape index (κ2) is 4.87. The van der Waals surface area contributed by atoms with E-state index in [0.29, 0.717) is 5.56 Å². The van der Waals surface area contributed by atoms with Gasteiger partial charge in [-0.2, -0.15) is 0 Å². The molecule has 0 saturated carbocycles. The Hall–Kier alpha value is -2.82. The van der Waals surface area contributed by atoms with Crippen LogP contribution in [0.1, 0.15) is 27.0 Å². The van der Waals surface area contributed by atoms with Crippen LogP contribution in [0.4, 0.5) is 0 Å². The van der Waals surface area contributed by atoms with Gasteiger partial charge in [0.15, 0.2) is 0 Å². The van der Waals surface area contributed by atoms with Crippen molar-refractivity contribution in [1.29, 1.82) is 0 Å². The van der Waals surface area contributed by atoms with Crippen molar-refractivity contribution >= 4 is 16.9 Å². The van der Waals surface area contributed by atoms with Crippen LogP contribution in [0.3, 0.4) is 0 Å². The van der Waals surface area contributed by atoms with Crippen LogP contribution in [0, 0.1) is 20.8 Å². The number of H-pyrrole nitrogens is 2. The molecule has 3 aromatic rings. The molecule has 0 aliphatic rings. The van der Waals surface area contributed by atoms with Crippen LogP contribution in [-0.4, -0.2) is 15.9 Å². The molecule has 0 aliphatic carbocycles. The second-order valence-corrected chi connectivity index (χ2v) is 5.57. The number of benzene rings is 2. The molecule has 0 bridgehead atoms. The molecule has 2 aromatic carbocycles. The summed E-state index contributed by atoms with van der Waals surface area (Å²) in [6, 6.07) is 7.53. The Kier molecular flexibility index (Phi) is 3.13. The van der Waals surface area contributed by atoms with E-state index < -0.39 is 5.91 Å². The first-order chi connectivity index (χ1) is 10.4. The highest BCUT2D eigenvalue weighted by Gasteiger charge is 2.16. The SMILES string of the molecule is Cc1cc(C(N)=O)c(C)c(-c2ccc3[nH]c(=O)[nH]c3c2)c1C. The Morgan fingerprint density at radius 2 is 1.68 bits per heavy atom. The Bertz CT molecular complexity index is 964. The number of carbonyl (C=O) groups excluding carboxylic acids is 1. The van der Waals surface area contributed by atoms with Gasteiger partial charge in [0.2, 0.25) is 5.91 Å². The average Bonchev–Trinajstić information content (AvgIpc) is 2.82. The van der Waals surface area contributed by atoms with Crippen molar-refractivity contribution in [2.24, 2.45) is 5.73 Å². The number of hydrogen-bond donors (Lipinski definition) is 3. The van der Waals surface area contributed by atoms with Gasteiger partial charge in [0.1, 0.15) is 0 Å². The maximum atomic E-state index is 11.7. The normalized spacial score (nSPS) is 11.0. The first kappa shape index (κ1) is 14.1. The summed E-state index contributed by atoms with van der Waals surface area (Å²) in [6.07, 6.45) is 0. The third kappa shape index (κ3) is 2.11. The summed E-state index contributed by atoms with van der Waals surface area (Å²) in [4.78, 5) is 28.5. The van der Waals surface area contributed by atoms with E-state index in [4.69, 9.17) is 5.73 Å². The van der Waals surface area contributed by atoms with E-state index in [1.807, 2.05) is 45.0 Å². The molecule has 5 nitrogen and oxygen atoms in total. The fourth-order valence-electron chi connectivity index (χ4n) is 2.92. The van der Waals surface area contributed by atoms with E-state index in [-0.39, 0.29) is 5.69 Å². The van der Waals surface area contributed by atoms with Crippen LogP contribution in [-0.2, 0) is 0 Å². The minimum Gasteiger partial charge on any atom is -0.366 e. The number of carbonyl (C=O) groups is 1. The Balaban J connectivity index is 2.33. The third-order valence-corrected chi connectivity index (χ3v) is 4.18. The molecule has 1 aromatic heterocycles. The van der Waals surface area contributed by atoms with Gasteiger partial charge in [-0.1, -0.05) is 6.07 Å². The molecule has 0 radical (unpaired) electrons. The number of rotatable bonds is 2. The van der Waals surface area contributed by atoms with Gasteiger partial charge in [-0.25, -0.2) is 4.79 Å². The lowest BCUT2D eigenvalue weighted by Crippen LogP contribution is -2.14. The van der Waals surface area contributed by atoms with Crippen molar-refractivity contribution in [3.63, 3.8) is 0 Å². The number of fused-ring (bicyclic) bond motifs is 1. The first-order valence-electron chi connectivity index (χ1n) is 7.01. The van der Waals surface area contributed by atoms with Crippen molar-refractivity contribution in [2.45, 2.75) is 20.8 Å². The van der Waals surface area contributed by atoms with Crippen LogP contribution in [0.5, 0.6) is 0 Å². The maximum Gasteiger partial charge on any atom is 0.323 e. The number of aromatic amines is 2. The summed E-state index contributed by atoms with van der Waals surface area (Å²) in [6.45, 7) is 5.87. The number of primary amides is 1. The van der Waals surface area contributed by atoms with Gasteiger partial charge in [0, 0.05) is 5.56 Å². The van der Waals surface area contributed by atoms with Gasteiger partial charge >= 0.3 is 5.69 Å². The summed E-state index contributed by atoms with van der Waals surface area (Å²) in [5.41, 5.74) is 12.2. The van der Waals surface area contributed by atoms with Gasteiger partial charge in [0.05, 0.1) is 11.0 Å². The van der Waals surface area contributed by atoms with Crippen molar-refractivity contribution in [1.82, 2.24) is 9.97 Å². The number of imidazole rings is 1. The van der Waals surface area contributed by atoms with Crippen LogP contribution in [0.15, 0.2) is 29.1 Å². The highest BCUT2D eigenvalue weighted by molar-refractivity contribution is 5.97. The number of nitrogens with two attached hydrogens (primary N) is 1. The lowest BCUT2D eigenvalue weighted by atomic mass is 9.89. The summed E-state index contributed by atoms with van der Waals surface area (Å²) in [7, 11) is 0. The van der Waals surface area contributed by atoms with Gasteiger partial charge in [-0.3, -0.25) is 4.79 Å². The third-order valence-electron chi connectivity index (χ3n) is 4.18. The van der Waals surface area contributed by atoms with Crippen molar-refractivity contribution in [2.75, 3.05) is 0 Å². The minimum absolute atomic E-state index is 0.234. The second-order valence-electron chi connectivity index (χ2n) is 5.57. The monoisotopic (exact) mass is 295 g/mol. The molecule has 3 rings (SSSR count). The lowest BCUT2D eigenvalue weighted by molar-refractivity contribution is 0.0999. The number of amides is 1. The van der Waals surface area contributed by atoms with Crippen molar-refractivity contribution in [3.05, 3.63) is 57.0 Å². The number of hydrogen-bond acceptors (Lipinski definition) is 2. The lowest BCUT2D eigenvalue weighted by Gasteiger charge is -2.16. The molecular weight excluding hydrogens is 278 g/mol. The first-order valence-corrected chi connectivity index (χ1v) is 7.01. The molecule has 1 amide bonds. The molecule has 0 atom stereocenters. The predicted octanol–water partition coefficient (Wildman–Crippen LogP) is 2.55. The molecule has 22 heavy (non-hydrogen) atoms. The van der Waals surface area contributed by atoms with E-state index in [9.17, 15) is 9.59 Å². The molecule has 0 aliphatic heterocycles. The van der Waals surface area contributed by atoms with E-state index in [0.717, 1.165) is 38.9 Å².